The summed E-state index contributed by atoms with van der Waals surface area (Å²) in [7, 11) is 1.62. The molecule has 0 aromatic carbocycles. The number of aromatic nitrogens is 1. The molecule has 1 saturated heterocycles. The molecule has 17 heavy (non-hydrogen) atoms. The predicted octanol–water partition coefficient (Wildman–Crippen LogP) is 0.239. The van der Waals surface area contributed by atoms with Crippen LogP contribution in [0.15, 0.2) is 18.3 Å². The number of likely N-dealkylation sites (N-methyl/N-ethyl adjacent to an activating group) is 1. The minimum Gasteiger partial charge on any atom is -0.366 e. The van der Waals surface area contributed by atoms with Gasteiger partial charge in [-0.2, -0.15) is 0 Å². The van der Waals surface area contributed by atoms with Crippen molar-refractivity contribution < 1.29 is 4.79 Å². The second-order valence-corrected chi connectivity index (χ2v) is 4.08. The van der Waals surface area contributed by atoms with Crippen molar-refractivity contribution in [3.8, 4) is 0 Å². The zero-order valence-corrected chi connectivity index (χ0v) is 10.2. The van der Waals surface area contributed by atoms with Gasteiger partial charge in [0.25, 0.3) is 5.91 Å². The molecule has 1 aromatic heterocycles. The first-order chi connectivity index (χ1) is 8.26. The zero-order valence-electron chi connectivity index (χ0n) is 10.2. The summed E-state index contributed by atoms with van der Waals surface area (Å²) in [6.07, 6.45) is 1.69. The highest BCUT2D eigenvalue weighted by atomic mass is 16.1. The van der Waals surface area contributed by atoms with Gasteiger partial charge in [-0.1, -0.05) is 0 Å². The van der Waals surface area contributed by atoms with E-state index in [4.69, 9.17) is 0 Å². The quantitative estimate of drug-likeness (QED) is 0.783. The number of hydrogen-bond acceptors (Lipinski definition) is 4. The Kier molecular flexibility index (Phi) is 3.58. The van der Waals surface area contributed by atoms with Crippen LogP contribution in [0.2, 0.25) is 0 Å². The van der Waals surface area contributed by atoms with E-state index in [1.54, 1.807) is 13.2 Å². The van der Waals surface area contributed by atoms with E-state index in [1.807, 2.05) is 12.1 Å². The molecule has 2 heterocycles. The van der Waals surface area contributed by atoms with E-state index in [1.165, 1.54) is 0 Å². The molecule has 0 spiro atoms. The molecule has 92 valence electrons. The number of carbonyl (C=O) groups excluding carboxylic acids is 1. The Labute approximate surface area is 101 Å². The van der Waals surface area contributed by atoms with Crippen LogP contribution >= 0.6 is 0 Å². The summed E-state index contributed by atoms with van der Waals surface area (Å²) in [5.41, 5.74) is 1.53. The lowest BCUT2D eigenvalue weighted by Crippen LogP contribution is -2.57. The van der Waals surface area contributed by atoms with E-state index in [2.05, 4.69) is 27.4 Å². The molecule has 1 amide bonds. The molecule has 5 nitrogen and oxygen atoms in total. The van der Waals surface area contributed by atoms with Gasteiger partial charge in [0, 0.05) is 38.6 Å². The minimum atomic E-state index is -0.144. The van der Waals surface area contributed by atoms with Gasteiger partial charge in [-0.05, 0) is 19.1 Å². The number of rotatable bonds is 4. The van der Waals surface area contributed by atoms with Crippen LogP contribution in [-0.4, -0.2) is 43.6 Å². The summed E-state index contributed by atoms with van der Waals surface area (Å²) in [4.78, 5) is 17.9. The van der Waals surface area contributed by atoms with Gasteiger partial charge in [0.2, 0.25) is 0 Å². The van der Waals surface area contributed by atoms with Gasteiger partial charge in [0.1, 0.15) is 5.69 Å². The number of hydrogen-bond donors (Lipinski definition) is 2. The maximum Gasteiger partial charge on any atom is 0.269 e. The monoisotopic (exact) mass is 234 g/mol. The summed E-state index contributed by atoms with van der Waals surface area (Å²) in [5, 5.41) is 5.85. The van der Waals surface area contributed by atoms with Gasteiger partial charge in [0.05, 0.1) is 6.04 Å². The van der Waals surface area contributed by atoms with E-state index in [-0.39, 0.29) is 5.91 Å². The molecular formula is C12H18N4O. The van der Waals surface area contributed by atoms with Crippen LogP contribution in [-0.2, 0) is 0 Å². The van der Waals surface area contributed by atoms with E-state index >= 15 is 0 Å². The molecule has 0 unspecified atom stereocenters. The number of nitrogens with zero attached hydrogens (tertiary/aromatic N) is 2. The largest absolute Gasteiger partial charge is 0.366 e. The number of pyridine rings is 1. The minimum absolute atomic E-state index is 0.144. The van der Waals surface area contributed by atoms with Gasteiger partial charge in [-0.3, -0.25) is 9.78 Å². The van der Waals surface area contributed by atoms with Gasteiger partial charge >= 0.3 is 0 Å². The standard InChI is InChI=1S/C12H18N4O/c1-3-16(10-7-14-8-10)9-4-5-15-11(6-9)12(17)13-2/h4-6,10,14H,3,7-8H2,1-2H3,(H,13,17). The second-order valence-electron chi connectivity index (χ2n) is 4.08. The molecule has 1 aliphatic heterocycles. The fourth-order valence-corrected chi connectivity index (χ4v) is 2.00. The third-order valence-electron chi connectivity index (χ3n) is 3.08. The maximum atomic E-state index is 11.5. The smallest absolute Gasteiger partial charge is 0.269 e. The lowest BCUT2D eigenvalue weighted by molar-refractivity contribution is 0.0958. The SMILES string of the molecule is CCN(c1ccnc(C(=O)NC)c1)C1CNC1. The Morgan fingerprint density at radius 2 is 2.41 bits per heavy atom. The Balaban J connectivity index is 2.21. The van der Waals surface area contributed by atoms with Crippen molar-refractivity contribution in [1.82, 2.24) is 15.6 Å². The zero-order chi connectivity index (χ0) is 12.3. The van der Waals surface area contributed by atoms with Crippen LogP contribution in [0.5, 0.6) is 0 Å². The Morgan fingerprint density at radius 3 is 2.94 bits per heavy atom. The molecule has 0 radical (unpaired) electrons. The summed E-state index contributed by atoms with van der Waals surface area (Å²) < 4.78 is 0. The first kappa shape index (κ1) is 11.9. The highest BCUT2D eigenvalue weighted by molar-refractivity contribution is 5.92. The van der Waals surface area contributed by atoms with Crippen molar-refractivity contribution in [1.29, 1.82) is 0 Å². The molecule has 0 bridgehead atoms. The Bertz CT molecular complexity index is 403. The number of carbonyl (C=O) groups is 1. The summed E-state index contributed by atoms with van der Waals surface area (Å²) in [6.45, 7) is 5.07. The Morgan fingerprint density at radius 1 is 1.65 bits per heavy atom. The molecule has 1 aliphatic rings. The van der Waals surface area contributed by atoms with Crippen molar-refractivity contribution in [2.45, 2.75) is 13.0 Å². The van der Waals surface area contributed by atoms with Crippen LogP contribution in [0.4, 0.5) is 5.69 Å². The third kappa shape index (κ3) is 2.39. The molecule has 1 aromatic rings. The second kappa shape index (κ2) is 5.14. The van der Waals surface area contributed by atoms with E-state index in [0.29, 0.717) is 11.7 Å². The van der Waals surface area contributed by atoms with Crippen LogP contribution in [0.1, 0.15) is 17.4 Å². The van der Waals surface area contributed by atoms with Crippen molar-refractivity contribution >= 4 is 11.6 Å². The van der Waals surface area contributed by atoms with E-state index < -0.39 is 0 Å². The topological polar surface area (TPSA) is 57.3 Å². The average molecular weight is 234 g/mol. The van der Waals surface area contributed by atoms with Crippen LogP contribution < -0.4 is 15.5 Å². The maximum absolute atomic E-state index is 11.5. The summed E-state index contributed by atoms with van der Waals surface area (Å²) in [5.74, 6) is -0.144. The molecule has 2 N–H and O–H groups in total. The van der Waals surface area contributed by atoms with Gasteiger partial charge in [-0.25, -0.2) is 0 Å². The fourth-order valence-electron chi connectivity index (χ4n) is 2.00. The van der Waals surface area contributed by atoms with E-state index in [9.17, 15) is 4.79 Å². The van der Waals surface area contributed by atoms with Crippen LogP contribution in [0.3, 0.4) is 0 Å². The average Bonchev–Trinajstić information content (AvgIpc) is 2.32. The van der Waals surface area contributed by atoms with E-state index in [0.717, 1.165) is 25.3 Å². The van der Waals surface area contributed by atoms with Gasteiger partial charge < -0.3 is 15.5 Å². The van der Waals surface area contributed by atoms with Crippen molar-refractivity contribution in [2.75, 3.05) is 31.6 Å². The lowest BCUT2D eigenvalue weighted by Gasteiger charge is -2.39. The predicted molar refractivity (Wildman–Crippen MR) is 67.3 cm³/mol. The number of anilines is 1. The lowest BCUT2D eigenvalue weighted by atomic mass is 10.1. The molecule has 2 rings (SSSR count). The molecular weight excluding hydrogens is 216 g/mol. The highest BCUT2D eigenvalue weighted by Gasteiger charge is 2.24. The molecule has 0 atom stereocenters. The van der Waals surface area contributed by atoms with Crippen molar-refractivity contribution in [3.63, 3.8) is 0 Å². The first-order valence-electron chi connectivity index (χ1n) is 5.91. The first-order valence-corrected chi connectivity index (χ1v) is 5.91. The van der Waals surface area contributed by atoms with Crippen LogP contribution in [0, 0.1) is 0 Å². The third-order valence-corrected chi connectivity index (χ3v) is 3.08. The highest BCUT2D eigenvalue weighted by Crippen LogP contribution is 2.19. The molecule has 1 fully saturated rings. The van der Waals surface area contributed by atoms with Gasteiger partial charge in [0.15, 0.2) is 0 Å². The Hall–Kier alpha value is -1.62. The number of nitrogens with one attached hydrogen (secondary N) is 2. The fraction of sp³-hybridized carbons (Fsp3) is 0.500. The van der Waals surface area contributed by atoms with Crippen molar-refractivity contribution in [3.05, 3.63) is 24.0 Å². The summed E-state index contributed by atoms with van der Waals surface area (Å²) >= 11 is 0. The van der Waals surface area contributed by atoms with Crippen LogP contribution in [0.25, 0.3) is 0 Å². The molecule has 5 heteroatoms. The number of amides is 1. The van der Waals surface area contributed by atoms with Crippen molar-refractivity contribution in [2.24, 2.45) is 0 Å². The molecule has 0 aliphatic carbocycles. The summed E-state index contributed by atoms with van der Waals surface area (Å²) in [6, 6.07) is 4.33. The van der Waals surface area contributed by atoms with Gasteiger partial charge in [-0.15, -0.1) is 0 Å². The normalized spacial score (nSPS) is 15.2. The molecule has 0 saturated carbocycles.